The van der Waals surface area contributed by atoms with E-state index in [0.29, 0.717) is 18.7 Å². The lowest BCUT2D eigenvalue weighted by Gasteiger charge is -2.20. The van der Waals surface area contributed by atoms with Crippen molar-refractivity contribution in [3.05, 3.63) is 41.9 Å². The Hall–Kier alpha value is -2.21. The summed E-state index contributed by atoms with van der Waals surface area (Å²) in [5, 5.41) is 12.9. The van der Waals surface area contributed by atoms with E-state index >= 15 is 0 Å². The van der Waals surface area contributed by atoms with Crippen LogP contribution in [0.3, 0.4) is 0 Å². The zero-order chi connectivity index (χ0) is 16.1. The molecule has 0 fully saturated rings. The quantitative estimate of drug-likeness (QED) is 0.852. The van der Waals surface area contributed by atoms with Crippen LogP contribution in [-0.4, -0.2) is 40.8 Å². The van der Waals surface area contributed by atoms with Gasteiger partial charge in [-0.1, -0.05) is 5.16 Å². The van der Waals surface area contributed by atoms with E-state index in [0.717, 1.165) is 17.7 Å². The number of carboxylic acids is 1. The van der Waals surface area contributed by atoms with Gasteiger partial charge in [-0.3, -0.25) is 9.69 Å². The Labute approximate surface area is 128 Å². The van der Waals surface area contributed by atoms with Crippen LogP contribution in [0.25, 0.3) is 11.3 Å². The van der Waals surface area contributed by atoms with Gasteiger partial charge in [0, 0.05) is 18.1 Å². The maximum atomic E-state index is 12.9. The second-order valence-corrected chi connectivity index (χ2v) is 5.28. The first-order chi connectivity index (χ1) is 10.5. The molecule has 2 rings (SSSR count). The van der Waals surface area contributed by atoms with Gasteiger partial charge in [-0.15, -0.1) is 0 Å². The fourth-order valence-electron chi connectivity index (χ4n) is 2.07. The highest BCUT2D eigenvalue weighted by Gasteiger charge is 2.16. The van der Waals surface area contributed by atoms with Gasteiger partial charge < -0.3 is 9.63 Å². The number of hydrogen-bond acceptors (Lipinski definition) is 4. The van der Waals surface area contributed by atoms with E-state index in [4.69, 9.17) is 9.63 Å². The molecule has 1 N–H and O–H groups in total. The highest BCUT2D eigenvalue weighted by molar-refractivity contribution is 5.72. The van der Waals surface area contributed by atoms with Gasteiger partial charge >= 0.3 is 5.97 Å². The van der Waals surface area contributed by atoms with Crippen molar-refractivity contribution in [2.45, 2.75) is 25.8 Å². The lowest BCUT2D eigenvalue weighted by Crippen LogP contribution is -2.36. The molecule has 0 spiro atoms. The lowest BCUT2D eigenvalue weighted by atomic mass is 10.1. The molecular formula is C16H19FN2O3. The number of aromatic nitrogens is 1. The van der Waals surface area contributed by atoms with Crippen molar-refractivity contribution in [1.29, 1.82) is 0 Å². The zero-order valence-electron chi connectivity index (χ0n) is 12.6. The molecule has 0 bridgehead atoms. The van der Waals surface area contributed by atoms with Gasteiger partial charge in [0.2, 0.25) is 0 Å². The van der Waals surface area contributed by atoms with Gasteiger partial charge in [0.25, 0.3) is 0 Å². The number of hydrogen-bond donors (Lipinski definition) is 1. The Morgan fingerprint density at radius 2 is 2.09 bits per heavy atom. The van der Waals surface area contributed by atoms with Crippen LogP contribution in [0.15, 0.2) is 34.9 Å². The molecule has 0 radical (unpaired) electrons. The zero-order valence-corrected chi connectivity index (χ0v) is 12.6. The molecule has 1 unspecified atom stereocenters. The van der Waals surface area contributed by atoms with E-state index in [9.17, 15) is 9.18 Å². The van der Waals surface area contributed by atoms with Crippen LogP contribution in [-0.2, 0) is 11.2 Å². The highest BCUT2D eigenvalue weighted by Crippen LogP contribution is 2.20. The number of carbonyl (C=O) groups is 1. The van der Waals surface area contributed by atoms with Crippen LogP contribution >= 0.6 is 0 Å². The summed E-state index contributed by atoms with van der Waals surface area (Å²) in [5.41, 5.74) is 1.47. The molecule has 1 aromatic heterocycles. The molecule has 0 saturated heterocycles. The molecular weight excluding hydrogens is 287 g/mol. The maximum absolute atomic E-state index is 12.9. The van der Waals surface area contributed by atoms with Crippen molar-refractivity contribution in [1.82, 2.24) is 10.1 Å². The molecule has 5 nitrogen and oxygen atoms in total. The molecule has 6 heteroatoms. The van der Waals surface area contributed by atoms with Crippen molar-refractivity contribution in [2.24, 2.45) is 0 Å². The lowest BCUT2D eigenvalue weighted by molar-refractivity contribution is -0.142. The predicted molar refractivity (Wildman–Crippen MR) is 79.9 cm³/mol. The molecule has 0 aliphatic rings. The first kappa shape index (κ1) is 16.2. The number of rotatable bonds is 7. The molecule has 1 aromatic carbocycles. The molecule has 0 aliphatic heterocycles. The smallest absolute Gasteiger partial charge is 0.320 e. The minimum Gasteiger partial charge on any atom is -0.480 e. The van der Waals surface area contributed by atoms with Gasteiger partial charge in [-0.05, 0) is 51.2 Å². The number of nitrogens with zero attached hydrogens (tertiary/aromatic N) is 2. The van der Waals surface area contributed by atoms with E-state index in [1.807, 2.05) is 6.07 Å². The molecule has 118 valence electrons. The second kappa shape index (κ2) is 7.17. The largest absolute Gasteiger partial charge is 0.480 e. The third-order valence-electron chi connectivity index (χ3n) is 3.65. The number of carboxylic acid groups (broad SMARTS) is 1. The second-order valence-electron chi connectivity index (χ2n) is 5.28. The first-order valence-corrected chi connectivity index (χ1v) is 7.12. The topological polar surface area (TPSA) is 66.6 Å². The SMILES string of the molecule is CC(C(=O)O)N(C)CCCc1cc(-c2ccc(F)cc2)no1. The Balaban J connectivity index is 1.87. The van der Waals surface area contributed by atoms with Crippen LogP contribution in [0.2, 0.25) is 0 Å². The van der Waals surface area contributed by atoms with Gasteiger partial charge in [0.15, 0.2) is 0 Å². The van der Waals surface area contributed by atoms with E-state index in [-0.39, 0.29) is 5.82 Å². The van der Waals surface area contributed by atoms with Gasteiger partial charge in [0.05, 0.1) is 0 Å². The number of aliphatic carboxylic acids is 1. The minimum absolute atomic E-state index is 0.289. The van der Waals surface area contributed by atoms with Crippen molar-refractivity contribution >= 4 is 5.97 Å². The molecule has 22 heavy (non-hydrogen) atoms. The summed E-state index contributed by atoms with van der Waals surface area (Å²) in [5.74, 6) is -0.389. The minimum atomic E-state index is -0.833. The predicted octanol–water partition coefficient (Wildman–Crippen LogP) is 2.82. The molecule has 0 saturated carbocycles. The standard InChI is InChI=1S/C16H19FN2O3/c1-11(16(20)21)19(2)9-3-4-14-10-15(18-22-14)12-5-7-13(17)8-6-12/h5-8,10-11H,3-4,9H2,1-2H3,(H,20,21). The van der Waals surface area contributed by atoms with E-state index in [2.05, 4.69) is 5.16 Å². The highest BCUT2D eigenvalue weighted by atomic mass is 19.1. The number of likely N-dealkylation sites (N-methyl/N-ethyl adjacent to an activating group) is 1. The Morgan fingerprint density at radius 1 is 1.41 bits per heavy atom. The molecule has 1 atom stereocenters. The summed E-state index contributed by atoms with van der Waals surface area (Å²) >= 11 is 0. The molecule has 0 amide bonds. The van der Waals surface area contributed by atoms with E-state index in [1.54, 1.807) is 31.0 Å². The molecule has 1 heterocycles. The van der Waals surface area contributed by atoms with Gasteiger partial charge in [-0.2, -0.15) is 0 Å². The van der Waals surface area contributed by atoms with Crippen LogP contribution in [0.5, 0.6) is 0 Å². The van der Waals surface area contributed by atoms with Gasteiger partial charge in [0.1, 0.15) is 23.3 Å². The summed E-state index contributed by atoms with van der Waals surface area (Å²) in [6.45, 7) is 2.31. The Morgan fingerprint density at radius 3 is 2.73 bits per heavy atom. The summed E-state index contributed by atoms with van der Waals surface area (Å²) in [6.07, 6.45) is 1.44. The number of halogens is 1. The fraction of sp³-hybridized carbons (Fsp3) is 0.375. The number of aryl methyl sites for hydroxylation is 1. The Kier molecular flexibility index (Phi) is 5.27. The van der Waals surface area contributed by atoms with E-state index in [1.165, 1.54) is 12.1 Å². The Bertz CT molecular complexity index is 625. The normalized spacial score (nSPS) is 12.5. The van der Waals surface area contributed by atoms with E-state index < -0.39 is 12.0 Å². The average molecular weight is 306 g/mol. The third-order valence-corrected chi connectivity index (χ3v) is 3.65. The average Bonchev–Trinajstić information content (AvgIpc) is 2.95. The van der Waals surface area contributed by atoms with Crippen LogP contribution in [0, 0.1) is 5.82 Å². The maximum Gasteiger partial charge on any atom is 0.320 e. The van der Waals surface area contributed by atoms with Crippen LogP contribution in [0.1, 0.15) is 19.1 Å². The summed E-state index contributed by atoms with van der Waals surface area (Å²) < 4.78 is 18.1. The summed E-state index contributed by atoms with van der Waals surface area (Å²) in [6, 6.07) is 7.38. The van der Waals surface area contributed by atoms with Crippen molar-refractivity contribution in [3.63, 3.8) is 0 Å². The number of benzene rings is 1. The van der Waals surface area contributed by atoms with Crippen LogP contribution < -0.4 is 0 Å². The molecule has 0 aliphatic carbocycles. The first-order valence-electron chi connectivity index (χ1n) is 7.12. The summed E-state index contributed by atoms with van der Waals surface area (Å²) in [7, 11) is 1.78. The van der Waals surface area contributed by atoms with Crippen LogP contribution in [0.4, 0.5) is 4.39 Å². The third kappa shape index (κ3) is 4.14. The monoisotopic (exact) mass is 306 g/mol. The van der Waals surface area contributed by atoms with Crippen molar-refractivity contribution in [2.75, 3.05) is 13.6 Å². The molecule has 2 aromatic rings. The fourth-order valence-corrected chi connectivity index (χ4v) is 2.07. The van der Waals surface area contributed by atoms with Gasteiger partial charge in [-0.25, -0.2) is 4.39 Å². The van der Waals surface area contributed by atoms with Crippen molar-refractivity contribution < 1.29 is 18.8 Å². The van der Waals surface area contributed by atoms with Crippen molar-refractivity contribution in [3.8, 4) is 11.3 Å². The summed E-state index contributed by atoms with van der Waals surface area (Å²) in [4.78, 5) is 12.6.